The second-order valence-electron chi connectivity index (χ2n) is 13.0. The van der Waals surface area contributed by atoms with Crippen molar-refractivity contribution < 1.29 is 23.9 Å². The lowest BCUT2D eigenvalue weighted by Crippen LogP contribution is -2.55. The first-order valence-corrected chi connectivity index (χ1v) is 18.9. The first kappa shape index (κ1) is 30.5. The highest BCUT2D eigenvalue weighted by molar-refractivity contribution is 6.91. The number of aliphatic hydroxyl groups is 1. The molecule has 1 heterocycles. The highest BCUT2D eigenvalue weighted by Gasteiger charge is 2.59. The number of hydrogen-bond donors (Lipinski definition) is 1. The first-order valence-electron chi connectivity index (χ1n) is 12.9. The van der Waals surface area contributed by atoms with Gasteiger partial charge in [0.1, 0.15) is 5.60 Å². The van der Waals surface area contributed by atoms with E-state index in [9.17, 15) is 14.7 Å². The number of imide groups is 1. The van der Waals surface area contributed by atoms with Gasteiger partial charge >= 0.3 is 6.09 Å². The molecule has 0 bridgehead atoms. The van der Waals surface area contributed by atoms with Crippen molar-refractivity contribution in [3.63, 3.8) is 0 Å². The van der Waals surface area contributed by atoms with Crippen molar-refractivity contribution in [3.8, 4) is 0 Å². The second kappa shape index (κ2) is 10.9. The highest BCUT2D eigenvalue weighted by atomic mass is 28.4. The molecule has 2 amide bonds. The van der Waals surface area contributed by atoms with E-state index < -0.39 is 46.1 Å². The Kier molecular flexibility index (Phi) is 9.25. The highest BCUT2D eigenvalue weighted by Crippen LogP contribution is 2.46. The second-order valence-corrected chi connectivity index (χ2v) is 22.5. The van der Waals surface area contributed by atoms with Crippen molar-refractivity contribution in [2.24, 2.45) is 5.92 Å². The summed E-state index contributed by atoms with van der Waals surface area (Å²) in [4.78, 5) is 28.7. The smallest absolute Gasteiger partial charge is 0.417 e. The van der Waals surface area contributed by atoms with Gasteiger partial charge < -0.3 is 14.3 Å². The van der Waals surface area contributed by atoms with E-state index >= 15 is 0 Å². The SMILES string of the molecule is C/C=C/[C@@H](O)[C@@H]1C(=O)N(C(=O)OC(C)(C)C)[C@H](CO[Si](C)(C)C(C)(C)C)[C@H]1[Si](C)(C)c1ccccc1. The minimum Gasteiger partial charge on any atom is -0.443 e. The zero-order valence-corrected chi connectivity index (χ0v) is 26.1. The number of rotatable bonds is 7. The Hall–Kier alpha value is -1.75. The van der Waals surface area contributed by atoms with Crippen LogP contribution >= 0.6 is 0 Å². The molecule has 1 saturated heterocycles. The van der Waals surface area contributed by atoms with Gasteiger partial charge in [-0.2, -0.15) is 0 Å². The van der Waals surface area contributed by atoms with E-state index in [0.717, 1.165) is 0 Å². The molecular formula is C28H47NO5Si2. The molecular weight excluding hydrogens is 486 g/mol. The molecule has 0 aromatic heterocycles. The Labute approximate surface area is 220 Å². The average Bonchev–Trinajstić information content (AvgIpc) is 3.04. The molecule has 1 aromatic rings. The maximum Gasteiger partial charge on any atom is 0.417 e. The number of likely N-dealkylation sites (tertiary alicyclic amines) is 1. The van der Waals surface area contributed by atoms with E-state index in [2.05, 4.69) is 59.1 Å². The summed E-state index contributed by atoms with van der Waals surface area (Å²) in [5, 5.41) is 12.4. The normalized spacial score (nSPS) is 22.8. The van der Waals surface area contributed by atoms with Crippen LogP contribution < -0.4 is 5.19 Å². The lowest BCUT2D eigenvalue weighted by Gasteiger charge is -2.41. The maximum atomic E-state index is 14.0. The van der Waals surface area contributed by atoms with Crippen molar-refractivity contribution in [1.82, 2.24) is 4.90 Å². The monoisotopic (exact) mass is 533 g/mol. The fourth-order valence-electron chi connectivity index (χ4n) is 4.77. The molecule has 1 N–H and O–H groups in total. The molecule has 1 aromatic carbocycles. The molecule has 4 atom stereocenters. The quantitative estimate of drug-likeness (QED) is 0.360. The van der Waals surface area contributed by atoms with Gasteiger partial charge in [-0.05, 0) is 51.4 Å². The number of benzene rings is 1. The van der Waals surface area contributed by atoms with Gasteiger partial charge in [0.2, 0.25) is 5.91 Å². The number of nitrogens with zero attached hydrogens (tertiary/aromatic N) is 1. The summed E-state index contributed by atoms with van der Waals surface area (Å²) in [6, 6.07) is 9.64. The summed E-state index contributed by atoms with van der Waals surface area (Å²) in [6.07, 6.45) is 1.72. The van der Waals surface area contributed by atoms with E-state index in [1.807, 2.05) is 25.1 Å². The Balaban J connectivity index is 2.68. The van der Waals surface area contributed by atoms with Crippen LogP contribution in [-0.2, 0) is 14.0 Å². The van der Waals surface area contributed by atoms with Crippen LogP contribution in [0.15, 0.2) is 42.5 Å². The largest absolute Gasteiger partial charge is 0.443 e. The fraction of sp³-hybridized carbons (Fsp3) is 0.643. The van der Waals surface area contributed by atoms with Gasteiger partial charge in [-0.15, -0.1) is 0 Å². The van der Waals surface area contributed by atoms with Gasteiger partial charge in [0, 0.05) is 0 Å². The summed E-state index contributed by atoms with van der Waals surface area (Å²) >= 11 is 0. The minimum absolute atomic E-state index is 0.0297. The van der Waals surface area contributed by atoms with Gasteiger partial charge in [-0.25, -0.2) is 9.69 Å². The molecule has 8 heteroatoms. The number of ether oxygens (including phenoxy) is 1. The number of aliphatic hydroxyl groups excluding tert-OH is 1. The van der Waals surface area contributed by atoms with Crippen LogP contribution in [0.3, 0.4) is 0 Å². The van der Waals surface area contributed by atoms with Gasteiger partial charge in [-0.3, -0.25) is 4.79 Å². The summed E-state index contributed by atoms with van der Waals surface area (Å²) in [5.74, 6) is -1.15. The third kappa shape index (κ3) is 6.57. The van der Waals surface area contributed by atoms with E-state index in [1.165, 1.54) is 10.1 Å². The molecule has 36 heavy (non-hydrogen) atoms. The number of allylic oxidation sites excluding steroid dienone is 1. The molecule has 0 aliphatic carbocycles. The Bertz CT molecular complexity index is 947. The van der Waals surface area contributed by atoms with E-state index in [1.54, 1.807) is 32.9 Å². The zero-order valence-electron chi connectivity index (χ0n) is 24.1. The average molecular weight is 534 g/mol. The van der Waals surface area contributed by atoms with E-state index in [4.69, 9.17) is 9.16 Å². The summed E-state index contributed by atoms with van der Waals surface area (Å²) in [6.45, 7) is 22.7. The number of carbonyl (C=O) groups excluding carboxylic acids is 2. The van der Waals surface area contributed by atoms with Gasteiger partial charge in [0.25, 0.3) is 0 Å². The van der Waals surface area contributed by atoms with Gasteiger partial charge in [-0.1, -0.05) is 81.5 Å². The predicted octanol–water partition coefficient (Wildman–Crippen LogP) is 5.69. The van der Waals surface area contributed by atoms with E-state index in [-0.39, 0.29) is 23.1 Å². The van der Waals surface area contributed by atoms with Crippen molar-refractivity contribution in [2.75, 3.05) is 6.61 Å². The van der Waals surface area contributed by atoms with Crippen LogP contribution in [-0.4, -0.2) is 62.8 Å². The molecule has 0 radical (unpaired) electrons. The first-order chi connectivity index (χ1) is 16.3. The molecule has 6 nitrogen and oxygen atoms in total. The van der Waals surface area contributed by atoms with Crippen molar-refractivity contribution in [2.45, 2.75) is 103 Å². The Morgan fingerprint density at radius 1 is 1.08 bits per heavy atom. The molecule has 0 saturated carbocycles. The third-order valence-corrected chi connectivity index (χ3v) is 16.5. The lowest BCUT2D eigenvalue weighted by molar-refractivity contribution is -0.133. The van der Waals surface area contributed by atoms with Crippen LogP contribution in [0, 0.1) is 5.92 Å². The third-order valence-electron chi connectivity index (χ3n) is 7.78. The summed E-state index contributed by atoms with van der Waals surface area (Å²) in [7, 11) is -4.61. The lowest BCUT2D eigenvalue weighted by atomic mass is 9.97. The Morgan fingerprint density at radius 2 is 1.64 bits per heavy atom. The summed E-state index contributed by atoms with van der Waals surface area (Å²) < 4.78 is 12.4. The standard InChI is InChI=1S/C28H47NO5Si2/c1-12-16-22(30)23-24(35(8,9)20-17-14-13-15-18-20)21(19-33-36(10,11)28(5,6)7)29(25(23)31)26(32)34-27(2,3)4/h12-18,21-24,30H,19H2,1-11H3/b16-12+/t21-,22-,23+,24-/m1/s1. The predicted molar refractivity (Wildman–Crippen MR) is 152 cm³/mol. The van der Waals surface area contributed by atoms with Crippen LogP contribution in [0.5, 0.6) is 0 Å². The van der Waals surface area contributed by atoms with Crippen LogP contribution in [0.4, 0.5) is 4.79 Å². The van der Waals surface area contributed by atoms with Crippen LogP contribution in [0.2, 0.25) is 36.8 Å². The molecule has 1 aliphatic heterocycles. The van der Waals surface area contributed by atoms with Gasteiger partial charge in [0.15, 0.2) is 8.32 Å². The molecule has 202 valence electrons. The molecule has 1 fully saturated rings. The molecule has 2 rings (SSSR count). The number of amides is 2. The molecule has 0 spiro atoms. The van der Waals surface area contributed by atoms with Gasteiger partial charge in [0.05, 0.1) is 32.7 Å². The molecule has 1 aliphatic rings. The number of carbonyl (C=O) groups is 2. The number of hydrogen-bond acceptors (Lipinski definition) is 5. The van der Waals surface area contributed by atoms with Crippen molar-refractivity contribution in [3.05, 3.63) is 42.5 Å². The van der Waals surface area contributed by atoms with Crippen LogP contribution in [0.25, 0.3) is 0 Å². The topological polar surface area (TPSA) is 76.1 Å². The Morgan fingerprint density at radius 3 is 2.11 bits per heavy atom. The van der Waals surface area contributed by atoms with Crippen LogP contribution in [0.1, 0.15) is 48.5 Å². The fourth-order valence-corrected chi connectivity index (χ4v) is 9.67. The van der Waals surface area contributed by atoms with E-state index in [0.29, 0.717) is 0 Å². The minimum atomic E-state index is -2.42. The summed E-state index contributed by atoms with van der Waals surface area (Å²) in [5.41, 5.74) is -1.03. The van der Waals surface area contributed by atoms with Crippen molar-refractivity contribution >= 4 is 33.6 Å². The maximum absolute atomic E-state index is 14.0. The zero-order chi connectivity index (χ0) is 27.7. The molecule has 0 unspecified atom stereocenters. The van der Waals surface area contributed by atoms with Crippen molar-refractivity contribution in [1.29, 1.82) is 0 Å².